The van der Waals surface area contributed by atoms with Crippen molar-refractivity contribution in [2.45, 2.75) is 47.0 Å². The Morgan fingerprint density at radius 3 is 2.57 bits per heavy atom. The maximum absolute atomic E-state index is 12.1. The fourth-order valence-corrected chi connectivity index (χ4v) is 2.84. The topological polar surface area (TPSA) is 55.1 Å². The highest BCUT2D eigenvalue weighted by Gasteiger charge is 2.24. The summed E-state index contributed by atoms with van der Waals surface area (Å²) in [6, 6.07) is 5.87. The third-order valence-electron chi connectivity index (χ3n) is 3.93. The lowest BCUT2D eigenvalue weighted by Crippen LogP contribution is -2.25. The summed E-state index contributed by atoms with van der Waals surface area (Å²) in [4.78, 5) is 12.1. The molecule has 1 unspecified atom stereocenters. The molecule has 0 spiro atoms. The monoisotopic (exact) mass is 354 g/mol. The van der Waals surface area contributed by atoms with Gasteiger partial charge in [0.05, 0.1) is 5.69 Å². The summed E-state index contributed by atoms with van der Waals surface area (Å²) in [6.07, 6.45) is 2.36. The molecule has 4 heteroatoms. The van der Waals surface area contributed by atoms with E-state index < -0.39 is 0 Å². The van der Waals surface area contributed by atoms with Crippen molar-refractivity contribution in [1.82, 2.24) is 0 Å². The predicted octanol–water partition coefficient (Wildman–Crippen LogP) is 4.49. The fourth-order valence-electron chi connectivity index (χ4n) is 2.47. The minimum Gasteiger partial charge on any atom is -0.330 e. The van der Waals surface area contributed by atoms with Gasteiger partial charge < -0.3 is 11.1 Å². The van der Waals surface area contributed by atoms with Gasteiger partial charge in [0, 0.05) is 10.9 Å². The molecule has 3 nitrogen and oxygen atoms in total. The van der Waals surface area contributed by atoms with Crippen molar-refractivity contribution in [3.8, 4) is 0 Å². The average molecular weight is 355 g/mol. The lowest BCUT2D eigenvalue weighted by molar-refractivity contribution is -0.116. The second kappa shape index (κ2) is 7.95. The van der Waals surface area contributed by atoms with Gasteiger partial charge in [-0.05, 0) is 65.2 Å². The molecule has 0 aliphatic carbocycles. The second-order valence-corrected chi connectivity index (χ2v) is 7.46. The van der Waals surface area contributed by atoms with Gasteiger partial charge in [-0.3, -0.25) is 4.79 Å². The van der Waals surface area contributed by atoms with Crippen molar-refractivity contribution in [1.29, 1.82) is 0 Å². The average Bonchev–Trinajstić information content (AvgIpc) is 2.38. The first-order valence-corrected chi connectivity index (χ1v) is 8.30. The number of nitrogens with one attached hydrogen (secondary N) is 1. The van der Waals surface area contributed by atoms with Crippen LogP contribution in [-0.2, 0) is 4.79 Å². The van der Waals surface area contributed by atoms with E-state index in [0.29, 0.717) is 18.9 Å². The number of benzene rings is 1. The van der Waals surface area contributed by atoms with Crippen molar-refractivity contribution >= 4 is 27.5 Å². The summed E-state index contributed by atoms with van der Waals surface area (Å²) < 4.78 is 0.952. The Hall–Kier alpha value is -0.870. The molecule has 1 aromatic carbocycles. The van der Waals surface area contributed by atoms with E-state index in [9.17, 15) is 4.79 Å². The van der Waals surface area contributed by atoms with Crippen molar-refractivity contribution < 1.29 is 4.79 Å². The molecule has 0 heterocycles. The maximum Gasteiger partial charge on any atom is 0.224 e. The van der Waals surface area contributed by atoms with E-state index in [0.717, 1.165) is 28.6 Å². The van der Waals surface area contributed by atoms with Crippen molar-refractivity contribution in [2.24, 2.45) is 17.1 Å². The summed E-state index contributed by atoms with van der Waals surface area (Å²) in [5.74, 6) is 0.529. The Morgan fingerprint density at radius 2 is 2.00 bits per heavy atom. The standard InChI is InChI=1S/C17H27BrN2O/c1-12-6-5-7-14(16(12)18)20-15(21)9-8-13(10-11-19)17(2,3)4/h5-7,13H,8-11,19H2,1-4H3,(H,20,21). The van der Waals surface area contributed by atoms with E-state index in [-0.39, 0.29) is 11.3 Å². The Morgan fingerprint density at radius 1 is 1.33 bits per heavy atom. The van der Waals surface area contributed by atoms with Gasteiger partial charge in [0.1, 0.15) is 0 Å². The van der Waals surface area contributed by atoms with E-state index >= 15 is 0 Å². The van der Waals surface area contributed by atoms with Crippen LogP contribution in [0.25, 0.3) is 0 Å². The number of carbonyl (C=O) groups is 1. The molecule has 0 saturated heterocycles. The summed E-state index contributed by atoms with van der Waals surface area (Å²) in [7, 11) is 0. The van der Waals surface area contributed by atoms with Crippen molar-refractivity contribution in [2.75, 3.05) is 11.9 Å². The maximum atomic E-state index is 12.1. The zero-order valence-corrected chi connectivity index (χ0v) is 15.1. The van der Waals surface area contributed by atoms with Crippen LogP contribution in [0.5, 0.6) is 0 Å². The molecule has 3 N–H and O–H groups in total. The van der Waals surface area contributed by atoms with Gasteiger partial charge in [0.2, 0.25) is 5.91 Å². The summed E-state index contributed by atoms with van der Waals surface area (Å²) in [5, 5.41) is 2.98. The van der Waals surface area contributed by atoms with Crippen LogP contribution in [0.1, 0.15) is 45.6 Å². The number of rotatable bonds is 6. The van der Waals surface area contributed by atoms with Crippen LogP contribution in [0.2, 0.25) is 0 Å². The predicted molar refractivity (Wildman–Crippen MR) is 93.4 cm³/mol. The first kappa shape index (κ1) is 18.2. The Bertz CT molecular complexity index is 480. The zero-order valence-electron chi connectivity index (χ0n) is 13.5. The molecule has 0 bridgehead atoms. The summed E-state index contributed by atoms with van der Waals surface area (Å²) in [6.45, 7) is 9.32. The van der Waals surface area contributed by atoms with E-state index in [1.807, 2.05) is 25.1 Å². The van der Waals surface area contributed by atoms with Gasteiger partial charge >= 0.3 is 0 Å². The Kier molecular flexibility index (Phi) is 6.88. The number of anilines is 1. The zero-order chi connectivity index (χ0) is 16.0. The van der Waals surface area contributed by atoms with Crippen LogP contribution in [0, 0.1) is 18.3 Å². The lowest BCUT2D eigenvalue weighted by Gasteiger charge is -2.30. The van der Waals surface area contributed by atoms with Crippen LogP contribution in [0.3, 0.4) is 0 Å². The molecular weight excluding hydrogens is 328 g/mol. The van der Waals surface area contributed by atoms with E-state index in [1.54, 1.807) is 0 Å². The van der Waals surface area contributed by atoms with Crippen LogP contribution >= 0.6 is 15.9 Å². The normalized spacial score (nSPS) is 13.0. The second-order valence-electron chi connectivity index (χ2n) is 6.66. The third kappa shape index (κ3) is 5.79. The lowest BCUT2D eigenvalue weighted by atomic mass is 9.76. The molecule has 0 aromatic heterocycles. The van der Waals surface area contributed by atoms with Crippen LogP contribution < -0.4 is 11.1 Å². The highest BCUT2D eigenvalue weighted by atomic mass is 79.9. The fraction of sp³-hybridized carbons (Fsp3) is 0.588. The molecular formula is C17H27BrN2O. The van der Waals surface area contributed by atoms with Gasteiger partial charge in [-0.2, -0.15) is 0 Å². The molecule has 0 saturated carbocycles. The molecule has 118 valence electrons. The smallest absolute Gasteiger partial charge is 0.224 e. The van der Waals surface area contributed by atoms with Crippen molar-refractivity contribution in [3.63, 3.8) is 0 Å². The highest BCUT2D eigenvalue weighted by molar-refractivity contribution is 9.10. The number of amides is 1. The molecule has 0 fully saturated rings. The number of carbonyl (C=O) groups excluding carboxylic acids is 1. The van der Waals surface area contributed by atoms with Gasteiger partial charge in [-0.25, -0.2) is 0 Å². The van der Waals surface area contributed by atoms with Crippen LogP contribution in [0.4, 0.5) is 5.69 Å². The molecule has 1 amide bonds. The molecule has 1 atom stereocenters. The number of hydrogen-bond acceptors (Lipinski definition) is 2. The van der Waals surface area contributed by atoms with Crippen molar-refractivity contribution in [3.05, 3.63) is 28.2 Å². The molecule has 0 aliphatic heterocycles. The van der Waals surface area contributed by atoms with E-state index in [2.05, 4.69) is 42.0 Å². The van der Waals surface area contributed by atoms with E-state index in [4.69, 9.17) is 5.73 Å². The Labute approximate surface area is 136 Å². The molecule has 1 rings (SSSR count). The first-order chi connectivity index (χ1) is 9.75. The quantitative estimate of drug-likeness (QED) is 0.790. The minimum absolute atomic E-state index is 0.0626. The number of hydrogen-bond donors (Lipinski definition) is 2. The number of halogens is 1. The van der Waals surface area contributed by atoms with E-state index in [1.165, 1.54) is 0 Å². The molecule has 1 aromatic rings. The van der Waals surface area contributed by atoms with Crippen LogP contribution in [-0.4, -0.2) is 12.5 Å². The van der Waals surface area contributed by atoms with Gasteiger partial charge in [-0.15, -0.1) is 0 Å². The third-order valence-corrected chi connectivity index (χ3v) is 4.98. The van der Waals surface area contributed by atoms with Gasteiger partial charge in [0.15, 0.2) is 0 Å². The Balaban J connectivity index is 2.59. The minimum atomic E-state index is 0.0626. The number of nitrogens with two attached hydrogens (primary N) is 1. The molecule has 21 heavy (non-hydrogen) atoms. The molecule has 0 radical (unpaired) electrons. The number of aryl methyl sites for hydroxylation is 1. The summed E-state index contributed by atoms with van der Waals surface area (Å²) in [5.41, 5.74) is 7.82. The SMILES string of the molecule is Cc1cccc(NC(=O)CCC(CCN)C(C)(C)C)c1Br. The van der Waals surface area contributed by atoms with Gasteiger partial charge in [-0.1, -0.05) is 32.9 Å². The largest absolute Gasteiger partial charge is 0.330 e. The highest BCUT2D eigenvalue weighted by Crippen LogP contribution is 2.32. The van der Waals surface area contributed by atoms with Gasteiger partial charge in [0.25, 0.3) is 0 Å². The van der Waals surface area contributed by atoms with Crippen LogP contribution in [0.15, 0.2) is 22.7 Å². The molecule has 0 aliphatic rings. The summed E-state index contributed by atoms with van der Waals surface area (Å²) >= 11 is 3.51. The first-order valence-electron chi connectivity index (χ1n) is 7.50.